The summed E-state index contributed by atoms with van der Waals surface area (Å²) in [7, 11) is 3.53. The zero-order valence-corrected chi connectivity index (χ0v) is 17.0. The summed E-state index contributed by atoms with van der Waals surface area (Å²) < 4.78 is 7.26. The Hall–Kier alpha value is -2.54. The van der Waals surface area contributed by atoms with Crippen molar-refractivity contribution < 1.29 is 4.74 Å². The van der Waals surface area contributed by atoms with E-state index in [0.29, 0.717) is 6.04 Å². The molecule has 28 heavy (non-hydrogen) atoms. The van der Waals surface area contributed by atoms with E-state index in [1.54, 1.807) is 7.11 Å². The zero-order valence-electron chi connectivity index (χ0n) is 17.0. The van der Waals surface area contributed by atoms with Gasteiger partial charge in [-0.3, -0.25) is 14.6 Å². The number of nitrogens with zero attached hydrogens (tertiary/aromatic N) is 4. The molecule has 7 nitrogen and oxygen atoms in total. The summed E-state index contributed by atoms with van der Waals surface area (Å²) in [6, 6.07) is 10.7. The molecule has 152 valence electrons. The highest BCUT2D eigenvalue weighted by Crippen LogP contribution is 2.26. The second kappa shape index (κ2) is 10.7. The van der Waals surface area contributed by atoms with E-state index in [1.807, 2.05) is 42.3 Å². The van der Waals surface area contributed by atoms with E-state index < -0.39 is 0 Å². The van der Waals surface area contributed by atoms with Crippen LogP contribution in [0, 0.1) is 0 Å². The predicted molar refractivity (Wildman–Crippen MR) is 113 cm³/mol. The fourth-order valence-electron chi connectivity index (χ4n) is 3.63. The van der Waals surface area contributed by atoms with E-state index in [2.05, 4.69) is 37.8 Å². The molecule has 2 heterocycles. The summed E-state index contributed by atoms with van der Waals surface area (Å²) in [4.78, 5) is 6.93. The van der Waals surface area contributed by atoms with Crippen LogP contribution in [0.1, 0.15) is 30.9 Å². The van der Waals surface area contributed by atoms with Gasteiger partial charge in [0.05, 0.1) is 13.2 Å². The lowest BCUT2D eigenvalue weighted by Gasteiger charge is -2.29. The van der Waals surface area contributed by atoms with Gasteiger partial charge in [0, 0.05) is 39.1 Å². The maximum atomic E-state index is 5.31. The van der Waals surface area contributed by atoms with Crippen LogP contribution >= 0.6 is 0 Å². The number of nitrogens with one attached hydrogen (secondary N) is 2. The largest absolute Gasteiger partial charge is 0.497 e. The lowest BCUT2D eigenvalue weighted by molar-refractivity contribution is 0.245. The van der Waals surface area contributed by atoms with Crippen LogP contribution in [0.25, 0.3) is 0 Å². The molecule has 3 rings (SSSR count). The molecule has 0 bridgehead atoms. The molecule has 0 saturated carbocycles. The molecule has 7 heteroatoms. The number of rotatable bonds is 9. The lowest BCUT2D eigenvalue weighted by Crippen LogP contribution is -2.43. The molecule has 1 aliphatic rings. The highest BCUT2D eigenvalue weighted by molar-refractivity contribution is 5.79. The third-order valence-electron chi connectivity index (χ3n) is 5.18. The molecule has 1 saturated heterocycles. The number of ether oxygens (including phenoxy) is 1. The van der Waals surface area contributed by atoms with E-state index in [1.165, 1.54) is 18.4 Å². The first-order chi connectivity index (χ1) is 13.8. The molecule has 2 aromatic rings. The molecular weight excluding hydrogens is 352 g/mol. The second-order valence-corrected chi connectivity index (χ2v) is 7.03. The van der Waals surface area contributed by atoms with Gasteiger partial charge in [0.15, 0.2) is 5.96 Å². The minimum atomic E-state index is 0.330. The van der Waals surface area contributed by atoms with E-state index in [4.69, 9.17) is 4.74 Å². The number of hydrogen-bond donors (Lipinski definition) is 2. The van der Waals surface area contributed by atoms with Crippen LogP contribution in [0.5, 0.6) is 5.75 Å². The van der Waals surface area contributed by atoms with Crippen LogP contribution in [0.15, 0.2) is 47.7 Å². The van der Waals surface area contributed by atoms with Crippen LogP contribution in [0.3, 0.4) is 0 Å². The maximum Gasteiger partial charge on any atom is 0.191 e. The molecule has 0 spiro atoms. The summed E-state index contributed by atoms with van der Waals surface area (Å²) in [6.45, 7) is 4.88. The van der Waals surface area contributed by atoms with Crippen molar-refractivity contribution in [1.29, 1.82) is 0 Å². The quantitative estimate of drug-likeness (QED) is 0.394. The highest BCUT2D eigenvalue weighted by Gasteiger charge is 2.23. The third kappa shape index (κ3) is 5.73. The first kappa shape index (κ1) is 20.2. The third-order valence-corrected chi connectivity index (χ3v) is 5.18. The molecule has 0 aliphatic carbocycles. The Balaban J connectivity index is 1.52. The Labute approximate surface area is 167 Å². The van der Waals surface area contributed by atoms with Crippen molar-refractivity contribution in [3.8, 4) is 5.75 Å². The van der Waals surface area contributed by atoms with Crippen molar-refractivity contribution in [3.05, 3.63) is 48.3 Å². The molecule has 1 aromatic heterocycles. The molecule has 1 aliphatic heterocycles. The number of likely N-dealkylation sites (tertiary alicyclic amines) is 1. The van der Waals surface area contributed by atoms with Gasteiger partial charge in [-0.1, -0.05) is 12.1 Å². The fraction of sp³-hybridized carbons (Fsp3) is 0.524. The van der Waals surface area contributed by atoms with E-state index in [0.717, 1.165) is 50.9 Å². The average Bonchev–Trinajstić information content (AvgIpc) is 3.44. The van der Waals surface area contributed by atoms with Gasteiger partial charge in [0.1, 0.15) is 5.75 Å². The first-order valence-electron chi connectivity index (χ1n) is 10.1. The number of guanidine groups is 1. The number of aliphatic imine (C=N–C) groups is 1. The molecule has 2 N–H and O–H groups in total. The van der Waals surface area contributed by atoms with Crippen LogP contribution in [0.2, 0.25) is 0 Å². The number of aromatic nitrogens is 2. The van der Waals surface area contributed by atoms with Crippen molar-refractivity contribution in [2.75, 3.05) is 40.3 Å². The SMILES string of the molecule is CN=C(NCCCn1cccn1)NCC(c1ccc(OC)cc1)N1CCCC1. The Morgan fingerprint density at radius 3 is 2.64 bits per heavy atom. The van der Waals surface area contributed by atoms with Crippen LogP contribution in [0.4, 0.5) is 0 Å². The van der Waals surface area contributed by atoms with Crippen molar-refractivity contribution in [1.82, 2.24) is 25.3 Å². The first-order valence-corrected chi connectivity index (χ1v) is 10.1. The summed E-state index contributed by atoms with van der Waals surface area (Å²) in [5.74, 6) is 1.74. The van der Waals surface area contributed by atoms with Gasteiger partial charge in [0.25, 0.3) is 0 Å². The number of benzene rings is 1. The smallest absolute Gasteiger partial charge is 0.191 e. The summed E-state index contributed by atoms with van der Waals surface area (Å²) in [6.07, 6.45) is 7.34. The Morgan fingerprint density at radius 1 is 1.21 bits per heavy atom. The number of methoxy groups -OCH3 is 1. The van der Waals surface area contributed by atoms with Crippen LogP contribution in [-0.2, 0) is 6.54 Å². The molecule has 0 amide bonds. The van der Waals surface area contributed by atoms with E-state index in [9.17, 15) is 0 Å². The van der Waals surface area contributed by atoms with Gasteiger partial charge in [-0.15, -0.1) is 0 Å². The Morgan fingerprint density at radius 2 is 2.00 bits per heavy atom. The second-order valence-electron chi connectivity index (χ2n) is 7.03. The minimum absolute atomic E-state index is 0.330. The van der Waals surface area contributed by atoms with Gasteiger partial charge < -0.3 is 15.4 Å². The lowest BCUT2D eigenvalue weighted by atomic mass is 10.1. The zero-order chi connectivity index (χ0) is 19.6. The van der Waals surface area contributed by atoms with Gasteiger partial charge in [-0.05, 0) is 56.1 Å². The summed E-state index contributed by atoms with van der Waals surface area (Å²) in [5.41, 5.74) is 1.31. The van der Waals surface area contributed by atoms with Crippen molar-refractivity contribution in [2.24, 2.45) is 4.99 Å². The topological polar surface area (TPSA) is 66.7 Å². The van der Waals surface area contributed by atoms with Crippen molar-refractivity contribution >= 4 is 5.96 Å². The van der Waals surface area contributed by atoms with Crippen LogP contribution in [-0.4, -0.2) is 61.0 Å². The number of aryl methyl sites for hydroxylation is 1. The highest BCUT2D eigenvalue weighted by atomic mass is 16.5. The van der Waals surface area contributed by atoms with E-state index in [-0.39, 0.29) is 0 Å². The number of hydrogen-bond acceptors (Lipinski definition) is 4. The summed E-state index contributed by atoms with van der Waals surface area (Å²) >= 11 is 0. The summed E-state index contributed by atoms with van der Waals surface area (Å²) in [5, 5.41) is 11.1. The van der Waals surface area contributed by atoms with Crippen molar-refractivity contribution in [3.63, 3.8) is 0 Å². The minimum Gasteiger partial charge on any atom is -0.497 e. The average molecular weight is 385 g/mol. The molecule has 0 radical (unpaired) electrons. The standard InChI is InChI=1S/C21H32N6O/c1-22-21(23-11-5-15-27-16-6-12-25-27)24-17-20(26-13-3-4-14-26)18-7-9-19(28-2)10-8-18/h6-10,12,16,20H,3-5,11,13-15,17H2,1-2H3,(H2,22,23,24). The Bertz CT molecular complexity index is 707. The van der Waals surface area contributed by atoms with Crippen LogP contribution < -0.4 is 15.4 Å². The van der Waals surface area contributed by atoms with Crippen molar-refractivity contribution in [2.45, 2.75) is 31.8 Å². The van der Waals surface area contributed by atoms with E-state index >= 15 is 0 Å². The maximum absolute atomic E-state index is 5.31. The molecule has 1 atom stereocenters. The van der Waals surface area contributed by atoms with Gasteiger partial charge in [-0.2, -0.15) is 5.10 Å². The predicted octanol–water partition coefficient (Wildman–Crippen LogP) is 2.28. The fourth-order valence-corrected chi connectivity index (χ4v) is 3.63. The molecule has 1 unspecified atom stereocenters. The van der Waals surface area contributed by atoms with Gasteiger partial charge in [0.2, 0.25) is 0 Å². The molecular formula is C21H32N6O. The monoisotopic (exact) mass is 384 g/mol. The normalized spacial score (nSPS) is 16.1. The van der Waals surface area contributed by atoms with Gasteiger partial charge in [-0.25, -0.2) is 0 Å². The molecule has 1 fully saturated rings. The van der Waals surface area contributed by atoms with Gasteiger partial charge >= 0.3 is 0 Å². The Kier molecular flexibility index (Phi) is 7.72. The molecule has 1 aromatic carbocycles.